The van der Waals surface area contributed by atoms with Crippen LogP contribution in [0.2, 0.25) is 0 Å². The quantitative estimate of drug-likeness (QED) is 0.538. The molecule has 0 aromatic carbocycles. The lowest BCUT2D eigenvalue weighted by Crippen LogP contribution is -2.24. The van der Waals surface area contributed by atoms with Crippen LogP contribution in [0.4, 0.5) is 5.82 Å². The molecule has 7 nitrogen and oxygen atoms in total. The molecule has 0 unspecified atom stereocenters. The lowest BCUT2D eigenvalue weighted by Gasteiger charge is -2.09. The maximum atomic E-state index is 12.2. The predicted octanol–water partition coefficient (Wildman–Crippen LogP) is 0.803. The summed E-state index contributed by atoms with van der Waals surface area (Å²) in [5.41, 5.74) is 4.08. The van der Waals surface area contributed by atoms with Crippen molar-refractivity contribution in [2.24, 2.45) is 5.84 Å². The molecular formula is C13H17N5O2S. The highest BCUT2D eigenvalue weighted by molar-refractivity contribution is 7.89. The third-order valence-corrected chi connectivity index (χ3v) is 4.38. The second-order valence-corrected chi connectivity index (χ2v) is 6.08. The van der Waals surface area contributed by atoms with Gasteiger partial charge >= 0.3 is 0 Å². The largest absolute Gasteiger partial charge is 0.308 e. The van der Waals surface area contributed by atoms with Crippen molar-refractivity contribution >= 4 is 15.8 Å². The van der Waals surface area contributed by atoms with E-state index >= 15 is 0 Å². The Morgan fingerprint density at radius 3 is 2.67 bits per heavy atom. The molecule has 2 aromatic rings. The summed E-state index contributed by atoms with van der Waals surface area (Å²) in [4.78, 5) is 8.16. The lowest BCUT2D eigenvalue weighted by atomic mass is 10.1. The fraction of sp³-hybridized carbons (Fsp3) is 0.231. The number of aryl methyl sites for hydroxylation is 1. The van der Waals surface area contributed by atoms with Crippen molar-refractivity contribution < 1.29 is 8.42 Å². The van der Waals surface area contributed by atoms with E-state index in [0.717, 1.165) is 17.7 Å². The molecule has 2 heterocycles. The Labute approximate surface area is 123 Å². The van der Waals surface area contributed by atoms with Crippen LogP contribution < -0.4 is 16.0 Å². The molecule has 2 aromatic heterocycles. The van der Waals surface area contributed by atoms with Crippen molar-refractivity contribution in [1.82, 2.24) is 14.7 Å². The summed E-state index contributed by atoms with van der Waals surface area (Å²) in [6, 6.07) is 6.69. The van der Waals surface area contributed by atoms with Gasteiger partial charge in [-0.3, -0.25) is 4.98 Å². The summed E-state index contributed by atoms with van der Waals surface area (Å²) in [5, 5.41) is 0. The van der Waals surface area contributed by atoms with E-state index in [9.17, 15) is 8.42 Å². The molecule has 4 N–H and O–H groups in total. The molecule has 0 atom stereocenters. The van der Waals surface area contributed by atoms with Gasteiger partial charge in [0, 0.05) is 12.4 Å². The highest BCUT2D eigenvalue weighted by Crippen LogP contribution is 2.11. The van der Waals surface area contributed by atoms with Crippen LogP contribution in [0.5, 0.6) is 0 Å². The number of hydrazine groups is 1. The summed E-state index contributed by atoms with van der Waals surface area (Å²) in [6.45, 7) is 2.14. The topological polar surface area (TPSA) is 110 Å². The van der Waals surface area contributed by atoms with Crippen molar-refractivity contribution in [3.05, 3.63) is 47.9 Å². The third-order valence-electron chi connectivity index (χ3n) is 2.99. The summed E-state index contributed by atoms with van der Waals surface area (Å²) in [6.07, 6.45) is 3.69. The fourth-order valence-corrected chi connectivity index (χ4v) is 2.76. The molecule has 21 heavy (non-hydrogen) atoms. The van der Waals surface area contributed by atoms with Crippen molar-refractivity contribution in [3.8, 4) is 0 Å². The minimum atomic E-state index is -3.63. The molecule has 0 aliphatic heterocycles. The van der Waals surface area contributed by atoms with E-state index in [-0.39, 0.29) is 11.4 Å². The van der Waals surface area contributed by atoms with Crippen LogP contribution >= 0.6 is 0 Å². The van der Waals surface area contributed by atoms with E-state index in [0.29, 0.717) is 5.82 Å². The van der Waals surface area contributed by atoms with Gasteiger partial charge in [0.25, 0.3) is 0 Å². The van der Waals surface area contributed by atoms with Crippen molar-refractivity contribution in [3.63, 3.8) is 0 Å². The van der Waals surface area contributed by atoms with Gasteiger partial charge < -0.3 is 5.43 Å². The molecule has 0 amide bonds. The van der Waals surface area contributed by atoms with E-state index in [2.05, 4.69) is 20.1 Å². The third kappa shape index (κ3) is 3.75. The zero-order valence-electron chi connectivity index (χ0n) is 11.6. The zero-order valence-corrected chi connectivity index (χ0v) is 12.4. The van der Waals surface area contributed by atoms with E-state index in [1.165, 1.54) is 18.3 Å². The number of sulfonamides is 1. The van der Waals surface area contributed by atoms with Crippen molar-refractivity contribution in [2.75, 3.05) is 5.43 Å². The number of nitrogens with one attached hydrogen (secondary N) is 2. The second kappa shape index (κ2) is 6.61. The molecular weight excluding hydrogens is 290 g/mol. The number of nitrogens with two attached hydrogens (primary N) is 1. The second-order valence-electron chi connectivity index (χ2n) is 4.31. The molecule has 0 bridgehead atoms. The van der Waals surface area contributed by atoms with Crippen LogP contribution in [0, 0.1) is 0 Å². The molecule has 0 spiro atoms. The highest BCUT2D eigenvalue weighted by Gasteiger charge is 2.15. The molecule has 0 fully saturated rings. The maximum absolute atomic E-state index is 12.2. The Hall–Kier alpha value is -2.03. The van der Waals surface area contributed by atoms with E-state index in [4.69, 9.17) is 5.84 Å². The van der Waals surface area contributed by atoms with Gasteiger partial charge in [-0.25, -0.2) is 24.0 Å². The molecule has 8 heteroatoms. The van der Waals surface area contributed by atoms with Gasteiger partial charge in [0.05, 0.1) is 12.2 Å². The number of nitrogens with zero attached hydrogens (tertiary/aromatic N) is 2. The van der Waals surface area contributed by atoms with Gasteiger partial charge in [-0.2, -0.15) is 0 Å². The van der Waals surface area contributed by atoms with E-state index < -0.39 is 10.0 Å². The normalized spacial score (nSPS) is 11.3. The molecule has 0 saturated carbocycles. The predicted molar refractivity (Wildman–Crippen MR) is 79.7 cm³/mol. The number of nitrogen functional groups attached to an aromatic ring is 1. The Morgan fingerprint density at radius 1 is 1.24 bits per heavy atom. The van der Waals surface area contributed by atoms with Crippen LogP contribution in [0.3, 0.4) is 0 Å². The molecule has 0 aliphatic rings. The summed E-state index contributed by atoms with van der Waals surface area (Å²) >= 11 is 0. The number of pyridine rings is 2. The number of rotatable bonds is 6. The smallest absolute Gasteiger partial charge is 0.242 e. The minimum absolute atomic E-state index is 0.0791. The van der Waals surface area contributed by atoms with Gasteiger partial charge in [-0.05, 0) is 30.2 Å². The molecule has 0 aliphatic carbocycles. The van der Waals surface area contributed by atoms with Crippen LogP contribution in [0.25, 0.3) is 0 Å². The van der Waals surface area contributed by atoms with Crippen LogP contribution in [0.1, 0.15) is 18.2 Å². The monoisotopic (exact) mass is 307 g/mol. The van der Waals surface area contributed by atoms with Gasteiger partial charge in [0.15, 0.2) is 0 Å². The lowest BCUT2D eigenvalue weighted by molar-refractivity contribution is 0.579. The van der Waals surface area contributed by atoms with Gasteiger partial charge in [0.1, 0.15) is 10.7 Å². The number of hydrogen-bond donors (Lipinski definition) is 3. The Balaban J connectivity index is 2.13. The summed E-state index contributed by atoms with van der Waals surface area (Å²) < 4.78 is 26.9. The van der Waals surface area contributed by atoms with Gasteiger partial charge in [-0.1, -0.05) is 13.0 Å². The van der Waals surface area contributed by atoms with Gasteiger partial charge in [0.2, 0.25) is 10.0 Å². The first-order valence-electron chi connectivity index (χ1n) is 6.42. The average Bonchev–Trinajstić information content (AvgIpc) is 2.53. The number of hydrogen-bond acceptors (Lipinski definition) is 6. The van der Waals surface area contributed by atoms with Crippen LogP contribution in [0.15, 0.2) is 41.6 Å². The Morgan fingerprint density at radius 2 is 2.05 bits per heavy atom. The maximum Gasteiger partial charge on any atom is 0.242 e. The molecule has 0 radical (unpaired) electrons. The first kappa shape index (κ1) is 15.4. The summed E-state index contributed by atoms with van der Waals surface area (Å²) in [5.74, 6) is 5.59. The standard InChI is InChI=1S/C13H17N5O2S/c1-2-10-4-3-7-15-12(10)9-17-21(19,20)11-5-6-13(18-14)16-8-11/h3-8,17H,2,9,14H2,1H3,(H,16,18). The number of aromatic nitrogens is 2. The highest BCUT2D eigenvalue weighted by atomic mass is 32.2. The number of anilines is 1. The van der Waals surface area contributed by atoms with E-state index in [1.54, 1.807) is 6.20 Å². The fourth-order valence-electron chi connectivity index (χ4n) is 1.82. The SMILES string of the molecule is CCc1cccnc1CNS(=O)(=O)c1ccc(NN)nc1. The molecule has 112 valence electrons. The summed E-state index contributed by atoms with van der Waals surface area (Å²) in [7, 11) is -3.63. The zero-order chi connectivity index (χ0) is 15.3. The van der Waals surface area contributed by atoms with Crippen LogP contribution in [-0.2, 0) is 23.0 Å². The Bertz CT molecular complexity index is 701. The first-order chi connectivity index (χ1) is 10.1. The average molecular weight is 307 g/mol. The van der Waals surface area contributed by atoms with Crippen LogP contribution in [-0.4, -0.2) is 18.4 Å². The van der Waals surface area contributed by atoms with Crippen molar-refractivity contribution in [1.29, 1.82) is 0 Å². The minimum Gasteiger partial charge on any atom is -0.308 e. The Kier molecular flexibility index (Phi) is 4.84. The molecule has 0 saturated heterocycles. The molecule has 2 rings (SSSR count). The first-order valence-corrected chi connectivity index (χ1v) is 7.90. The van der Waals surface area contributed by atoms with Crippen molar-refractivity contribution in [2.45, 2.75) is 24.8 Å². The van der Waals surface area contributed by atoms with E-state index in [1.807, 2.05) is 19.1 Å². The van der Waals surface area contributed by atoms with Gasteiger partial charge in [-0.15, -0.1) is 0 Å².